The van der Waals surface area contributed by atoms with E-state index in [1.165, 1.54) is 24.3 Å². The summed E-state index contributed by atoms with van der Waals surface area (Å²) in [6.07, 6.45) is -3.87. The van der Waals surface area contributed by atoms with Gasteiger partial charge in [0.2, 0.25) is 0 Å². The van der Waals surface area contributed by atoms with Crippen molar-refractivity contribution in [2.45, 2.75) is 6.18 Å². The lowest BCUT2D eigenvalue weighted by atomic mass is 10.2. The van der Waals surface area contributed by atoms with Gasteiger partial charge in [0, 0.05) is 14.3 Å². The maximum atomic E-state index is 13.6. The molecule has 0 atom stereocenters. The highest BCUT2D eigenvalue weighted by Crippen LogP contribution is 2.34. The van der Waals surface area contributed by atoms with Gasteiger partial charge in [-0.15, -0.1) is 0 Å². The number of amides is 1. The minimum Gasteiger partial charge on any atom is -0.322 e. The number of nitrogens with one attached hydrogen (secondary N) is 1. The van der Waals surface area contributed by atoms with Gasteiger partial charge in [0.1, 0.15) is 0 Å². The van der Waals surface area contributed by atoms with E-state index in [9.17, 15) is 18.0 Å². The molecule has 26 heavy (non-hydrogen) atoms. The van der Waals surface area contributed by atoms with Crippen molar-refractivity contribution < 1.29 is 18.0 Å². The van der Waals surface area contributed by atoms with Gasteiger partial charge in [-0.3, -0.25) is 4.79 Å². The zero-order chi connectivity index (χ0) is 18.9. The van der Waals surface area contributed by atoms with Crippen LogP contribution >= 0.6 is 34.2 Å². The quantitative estimate of drug-likeness (QED) is 0.499. The van der Waals surface area contributed by atoms with E-state index >= 15 is 0 Å². The second kappa shape index (κ2) is 7.28. The Kier molecular flexibility index (Phi) is 5.24. The number of hydrogen-bond donors (Lipinski definition) is 1. The number of alkyl halides is 3. The molecule has 0 saturated carbocycles. The van der Waals surface area contributed by atoms with Gasteiger partial charge in [0.15, 0.2) is 5.69 Å². The number of hydrogen-bond acceptors (Lipinski definition) is 2. The van der Waals surface area contributed by atoms with Gasteiger partial charge in [-0.1, -0.05) is 17.7 Å². The van der Waals surface area contributed by atoms with E-state index < -0.39 is 23.3 Å². The first-order valence-corrected chi connectivity index (χ1v) is 8.69. The standard InChI is InChI=1S/C17H10ClF3IN3O/c18-10-4-6-13(7-5-10)25-15(17(19,20)21)14(9-23-25)16(26)24-12-3-1-2-11(22)8-12/h1-9H,(H,24,26). The third-order valence-corrected chi connectivity index (χ3v) is 4.36. The number of aromatic nitrogens is 2. The van der Waals surface area contributed by atoms with Crippen molar-refractivity contribution in [2.75, 3.05) is 5.32 Å². The van der Waals surface area contributed by atoms with Crippen molar-refractivity contribution >= 4 is 45.8 Å². The van der Waals surface area contributed by atoms with Crippen molar-refractivity contribution in [3.05, 3.63) is 74.6 Å². The predicted molar refractivity (Wildman–Crippen MR) is 101 cm³/mol. The van der Waals surface area contributed by atoms with Gasteiger partial charge in [0.05, 0.1) is 17.4 Å². The van der Waals surface area contributed by atoms with E-state index in [0.717, 1.165) is 9.77 Å². The first-order valence-electron chi connectivity index (χ1n) is 7.24. The number of halogens is 5. The molecule has 0 aliphatic carbocycles. The first-order chi connectivity index (χ1) is 12.3. The summed E-state index contributed by atoms with van der Waals surface area (Å²) < 4.78 is 42.3. The number of anilines is 1. The van der Waals surface area contributed by atoms with Gasteiger partial charge in [-0.2, -0.15) is 18.3 Å². The fourth-order valence-electron chi connectivity index (χ4n) is 2.33. The maximum Gasteiger partial charge on any atom is 0.434 e. The van der Waals surface area contributed by atoms with Crippen molar-refractivity contribution in [2.24, 2.45) is 0 Å². The van der Waals surface area contributed by atoms with Crippen LogP contribution in [-0.2, 0) is 6.18 Å². The predicted octanol–water partition coefficient (Wildman–Crippen LogP) is 5.40. The molecule has 0 spiro atoms. The highest BCUT2D eigenvalue weighted by atomic mass is 127. The van der Waals surface area contributed by atoms with Crippen LogP contribution in [0.1, 0.15) is 16.1 Å². The Balaban J connectivity index is 2.02. The average Bonchev–Trinajstić information content (AvgIpc) is 3.01. The van der Waals surface area contributed by atoms with Crippen LogP contribution in [0.15, 0.2) is 54.7 Å². The summed E-state index contributed by atoms with van der Waals surface area (Å²) in [7, 11) is 0. The first kappa shape index (κ1) is 18.7. The zero-order valence-corrected chi connectivity index (χ0v) is 15.8. The normalized spacial score (nSPS) is 11.4. The molecule has 1 heterocycles. The number of carbonyl (C=O) groups is 1. The Bertz CT molecular complexity index is 955. The molecule has 1 aromatic heterocycles. The van der Waals surface area contributed by atoms with E-state index in [1.54, 1.807) is 24.3 Å². The van der Waals surface area contributed by atoms with Crippen LogP contribution in [0.4, 0.5) is 18.9 Å². The minimum absolute atomic E-state index is 0.148. The van der Waals surface area contributed by atoms with Crippen molar-refractivity contribution in [1.82, 2.24) is 9.78 Å². The molecule has 0 radical (unpaired) electrons. The van der Waals surface area contributed by atoms with Crippen LogP contribution in [0.25, 0.3) is 5.69 Å². The third-order valence-electron chi connectivity index (χ3n) is 3.44. The van der Waals surface area contributed by atoms with Crippen molar-refractivity contribution in [3.8, 4) is 5.69 Å². The Morgan fingerprint density at radius 3 is 2.46 bits per heavy atom. The summed E-state index contributed by atoms with van der Waals surface area (Å²) in [5.74, 6) is -0.889. The van der Waals surface area contributed by atoms with Crippen LogP contribution in [-0.4, -0.2) is 15.7 Å². The number of benzene rings is 2. The molecule has 4 nitrogen and oxygen atoms in total. The van der Waals surface area contributed by atoms with E-state index in [0.29, 0.717) is 15.4 Å². The molecular formula is C17H10ClF3IN3O. The van der Waals surface area contributed by atoms with Gasteiger partial charge in [-0.05, 0) is 65.1 Å². The van der Waals surface area contributed by atoms with E-state index in [1.807, 2.05) is 22.6 Å². The molecule has 0 saturated heterocycles. The second-order valence-corrected chi connectivity index (χ2v) is 6.94. The second-order valence-electron chi connectivity index (χ2n) is 5.26. The lowest BCUT2D eigenvalue weighted by Gasteiger charge is -2.13. The molecule has 134 valence electrons. The zero-order valence-electron chi connectivity index (χ0n) is 12.9. The summed E-state index contributed by atoms with van der Waals surface area (Å²) in [6, 6.07) is 12.4. The maximum absolute atomic E-state index is 13.6. The monoisotopic (exact) mass is 491 g/mol. The van der Waals surface area contributed by atoms with Crippen LogP contribution in [0.3, 0.4) is 0 Å². The van der Waals surface area contributed by atoms with Crippen LogP contribution in [0.5, 0.6) is 0 Å². The highest BCUT2D eigenvalue weighted by Gasteiger charge is 2.40. The fourth-order valence-corrected chi connectivity index (χ4v) is 3.00. The van der Waals surface area contributed by atoms with E-state index in [-0.39, 0.29) is 5.69 Å². The molecule has 0 unspecified atom stereocenters. The molecule has 0 bridgehead atoms. The van der Waals surface area contributed by atoms with Crippen LogP contribution < -0.4 is 5.32 Å². The Labute approximate surface area is 165 Å². The summed E-state index contributed by atoms with van der Waals surface area (Å²) >= 11 is 7.81. The van der Waals surface area contributed by atoms with Gasteiger partial charge in [0.25, 0.3) is 5.91 Å². The van der Waals surface area contributed by atoms with Crippen LogP contribution in [0, 0.1) is 3.57 Å². The summed E-state index contributed by atoms with van der Waals surface area (Å²) in [6.45, 7) is 0. The molecule has 3 aromatic rings. The summed E-state index contributed by atoms with van der Waals surface area (Å²) in [4.78, 5) is 12.4. The largest absolute Gasteiger partial charge is 0.434 e. The van der Waals surface area contributed by atoms with Crippen LogP contribution in [0.2, 0.25) is 5.02 Å². The van der Waals surface area contributed by atoms with Gasteiger partial charge < -0.3 is 5.32 Å². The smallest absolute Gasteiger partial charge is 0.322 e. The SMILES string of the molecule is O=C(Nc1cccc(I)c1)c1cnn(-c2ccc(Cl)cc2)c1C(F)(F)F. The number of carbonyl (C=O) groups excluding carboxylic acids is 1. The third kappa shape index (κ3) is 4.01. The lowest BCUT2D eigenvalue weighted by Crippen LogP contribution is -2.20. The topological polar surface area (TPSA) is 46.9 Å². The van der Waals surface area contributed by atoms with Gasteiger partial charge >= 0.3 is 6.18 Å². The minimum atomic E-state index is -4.77. The van der Waals surface area contributed by atoms with Gasteiger partial charge in [-0.25, -0.2) is 4.68 Å². The number of nitrogens with zero attached hydrogens (tertiary/aromatic N) is 2. The summed E-state index contributed by atoms with van der Waals surface area (Å²) in [5, 5.41) is 6.60. The summed E-state index contributed by atoms with van der Waals surface area (Å²) in [5.41, 5.74) is -1.17. The molecule has 0 fully saturated rings. The number of rotatable bonds is 3. The van der Waals surface area contributed by atoms with E-state index in [4.69, 9.17) is 11.6 Å². The Morgan fingerprint density at radius 1 is 1.15 bits per heavy atom. The van der Waals surface area contributed by atoms with E-state index in [2.05, 4.69) is 10.4 Å². The molecule has 0 aliphatic heterocycles. The molecular weight excluding hydrogens is 482 g/mol. The molecule has 0 aliphatic rings. The lowest BCUT2D eigenvalue weighted by molar-refractivity contribution is -0.143. The highest BCUT2D eigenvalue weighted by molar-refractivity contribution is 14.1. The molecule has 2 aromatic carbocycles. The molecule has 9 heteroatoms. The Hall–Kier alpha value is -2.07. The average molecular weight is 492 g/mol. The fraction of sp³-hybridized carbons (Fsp3) is 0.0588. The van der Waals surface area contributed by atoms with Crippen molar-refractivity contribution in [3.63, 3.8) is 0 Å². The molecule has 3 rings (SSSR count). The van der Waals surface area contributed by atoms with Crippen molar-refractivity contribution in [1.29, 1.82) is 0 Å². The molecule has 1 N–H and O–H groups in total. The Morgan fingerprint density at radius 2 is 1.85 bits per heavy atom. The molecule has 1 amide bonds.